The van der Waals surface area contributed by atoms with Gasteiger partial charge in [0, 0.05) is 12.6 Å². The van der Waals surface area contributed by atoms with Gasteiger partial charge >= 0.3 is 0 Å². The molecule has 0 saturated carbocycles. The van der Waals surface area contributed by atoms with Gasteiger partial charge in [0.15, 0.2) is 0 Å². The third kappa shape index (κ3) is 3.48. The maximum Gasteiger partial charge on any atom is 0.244 e. The average molecular weight is 335 g/mol. The molecule has 6 heteroatoms. The van der Waals surface area contributed by atoms with E-state index in [-0.39, 0.29) is 10.9 Å². The quantitative estimate of drug-likeness (QED) is 0.913. The van der Waals surface area contributed by atoms with Crippen LogP contribution in [0.2, 0.25) is 0 Å². The second-order valence-corrected chi connectivity index (χ2v) is 7.67. The summed E-state index contributed by atoms with van der Waals surface area (Å²) < 4.78 is 30.1. The van der Waals surface area contributed by atoms with Gasteiger partial charge in [-0.2, -0.15) is 5.10 Å². The summed E-state index contributed by atoms with van der Waals surface area (Å²) in [5.41, 5.74) is 4.43. The number of sulfonamides is 1. The SMILES string of the molecule is CCn1nc(C)c(S(=O)(=O)NC(C)c2ccc(C)cc2C)c1C. The minimum atomic E-state index is -3.62. The fourth-order valence-electron chi connectivity index (χ4n) is 3.04. The lowest BCUT2D eigenvalue weighted by molar-refractivity contribution is 0.564. The topological polar surface area (TPSA) is 64.0 Å². The molecule has 0 fully saturated rings. The van der Waals surface area contributed by atoms with E-state index in [1.165, 1.54) is 0 Å². The molecular formula is C17H25N3O2S. The van der Waals surface area contributed by atoms with E-state index in [1.807, 2.05) is 39.8 Å². The minimum absolute atomic E-state index is 0.288. The molecule has 0 bridgehead atoms. The lowest BCUT2D eigenvalue weighted by Gasteiger charge is -2.17. The molecule has 1 unspecified atom stereocenters. The first-order valence-corrected chi connectivity index (χ1v) is 9.29. The van der Waals surface area contributed by atoms with Crippen molar-refractivity contribution in [1.29, 1.82) is 0 Å². The summed E-state index contributed by atoms with van der Waals surface area (Å²) in [4.78, 5) is 0.288. The van der Waals surface area contributed by atoms with Crippen molar-refractivity contribution in [3.63, 3.8) is 0 Å². The zero-order chi connectivity index (χ0) is 17.4. The normalized spacial score (nSPS) is 13.3. The number of rotatable bonds is 5. The Morgan fingerprint density at radius 2 is 1.87 bits per heavy atom. The van der Waals surface area contributed by atoms with Crippen molar-refractivity contribution in [2.45, 2.75) is 59.0 Å². The predicted molar refractivity (Wildman–Crippen MR) is 92.0 cm³/mol. The number of aryl methyl sites for hydroxylation is 4. The van der Waals surface area contributed by atoms with Gasteiger partial charge in [-0.25, -0.2) is 13.1 Å². The molecule has 1 aromatic carbocycles. The highest BCUT2D eigenvalue weighted by Crippen LogP contribution is 2.24. The molecule has 0 aliphatic rings. The van der Waals surface area contributed by atoms with Crippen molar-refractivity contribution in [2.24, 2.45) is 0 Å². The number of hydrogen-bond acceptors (Lipinski definition) is 3. The Morgan fingerprint density at radius 1 is 1.22 bits per heavy atom. The van der Waals surface area contributed by atoms with Gasteiger partial charge in [-0.1, -0.05) is 23.8 Å². The highest BCUT2D eigenvalue weighted by molar-refractivity contribution is 7.89. The molecule has 1 N–H and O–H groups in total. The lowest BCUT2D eigenvalue weighted by atomic mass is 10.0. The maximum atomic E-state index is 12.8. The summed E-state index contributed by atoms with van der Waals surface area (Å²) >= 11 is 0. The molecule has 0 spiro atoms. The standard InChI is InChI=1S/C17H25N3O2S/c1-7-20-15(6)17(14(5)18-20)23(21,22)19-13(4)16-9-8-11(2)10-12(16)3/h8-10,13,19H,7H2,1-6H3. The van der Waals surface area contributed by atoms with E-state index in [4.69, 9.17) is 0 Å². The van der Waals surface area contributed by atoms with Crippen molar-refractivity contribution >= 4 is 10.0 Å². The molecule has 0 radical (unpaired) electrons. The van der Waals surface area contributed by atoms with E-state index in [9.17, 15) is 8.42 Å². The summed E-state index contributed by atoms with van der Waals surface area (Å²) in [6, 6.07) is 5.74. The molecule has 1 atom stereocenters. The molecule has 0 amide bonds. The van der Waals surface area contributed by atoms with Crippen molar-refractivity contribution < 1.29 is 8.42 Å². The van der Waals surface area contributed by atoms with Gasteiger partial charge in [0.2, 0.25) is 10.0 Å². The van der Waals surface area contributed by atoms with E-state index >= 15 is 0 Å². The Morgan fingerprint density at radius 3 is 2.39 bits per heavy atom. The average Bonchev–Trinajstić information content (AvgIpc) is 2.72. The van der Waals surface area contributed by atoms with E-state index in [2.05, 4.69) is 15.9 Å². The first-order valence-electron chi connectivity index (χ1n) is 7.80. The van der Waals surface area contributed by atoms with Crippen LogP contribution < -0.4 is 4.72 Å². The Labute approximate surface area is 138 Å². The molecule has 23 heavy (non-hydrogen) atoms. The van der Waals surface area contributed by atoms with Crippen LogP contribution in [0.1, 0.15) is 48.0 Å². The fourth-order valence-corrected chi connectivity index (χ4v) is 4.68. The van der Waals surface area contributed by atoms with Gasteiger partial charge in [0.05, 0.1) is 11.4 Å². The largest absolute Gasteiger partial charge is 0.268 e. The van der Waals surface area contributed by atoms with Crippen LogP contribution in [0.4, 0.5) is 0 Å². The maximum absolute atomic E-state index is 12.8. The van der Waals surface area contributed by atoms with Crippen LogP contribution in [-0.2, 0) is 16.6 Å². The molecule has 1 aromatic heterocycles. The van der Waals surface area contributed by atoms with Gasteiger partial charge in [0.1, 0.15) is 4.90 Å². The van der Waals surface area contributed by atoms with E-state index in [1.54, 1.807) is 18.5 Å². The molecule has 5 nitrogen and oxygen atoms in total. The second-order valence-electron chi connectivity index (χ2n) is 6.02. The Kier molecular flexibility index (Phi) is 4.96. The lowest BCUT2D eigenvalue weighted by Crippen LogP contribution is -2.28. The van der Waals surface area contributed by atoms with Gasteiger partial charge < -0.3 is 0 Å². The van der Waals surface area contributed by atoms with Gasteiger partial charge in [-0.15, -0.1) is 0 Å². The zero-order valence-corrected chi connectivity index (χ0v) is 15.5. The minimum Gasteiger partial charge on any atom is -0.268 e. The van der Waals surface area contributed by atoms with E-state index in [0.29, 0.717) is 17.9 Å². The third-order valence-electron chi connectivity index (χ3n) is 4.11. The number of nitrogens with one attached hydrogen (secondary N) is 1. The Balaban J connectivity index is 2.36. The van der Waals surface area contributed by atoms with E-state index < -0.39 is 10.0 Å². The molecule has 126 valence electrons. The molecule has 2 rings (SSSR count). The molecule has 0 saturated heterocycles. The van der Waals surface area contributed by atoms with Crippen LogP contribution in [0.5, 0.6) is 0 Å². The summed E-state index contributed by atoms with van der Waals surface area (Å²) in [7, 11) is -3.62. The highest BCUT2D eigenvalue weighted by Gasteiger charge is 2.26. The Hall–Kier alpha value is -1.66. The summed E-state index contributed by atoms with van der Waals surface area (Å²) in [5.74, 6) is 0. The highest BCUT2D eigenvalue weighted by atomic mass is 32.2. The van der Waals surface area contributed by atoms with Gasteiger partial charge in [-0.3, -0.25) is 4.68 Å². The van der Waals surface area contributed by atoms with Crippen LogP contribution in [0.3, 0.4) is 0 Å². The number of benzene rings is 1. The van der Waals surface area contributed by atoms with Crippen LogP contribution in [0.25, 0.3) is 0 Å². The van der Waals surface area contributed by atoms with Crippen molar-refractivity contribution in [1.82, 2.24) is 14.5 Å². The number of aromatic nitrogens is 2. The van der Waals surface area contributed by atoms with Crippen LogP contribution >= 0.6 is 0 Å². The smallest absolute Gasteiger partial charge is 0.244 e. The molecular weight excluding hydrogens is 310 g/mol. The Bertz CT molecular complexity index is 823. The number of hydrogen-bond donors (Lipinski definition) is 1. The van der Waals surface area contributed by atoms with Crippen LogP contribution in [0, 0.1) is 27.7 Å². The third-order valence-corrected chi connectivity index (χ3v) is 5.90. The summed E-state index contributed by atoms with van der Waals surface area (Å²) in [6.07, 6.45) is 0. The van der Waals surface area contributed by atoms with Crippen molar-refractivity contribution in [2.75, 3.05) is 0 Å². The fraction of sp³-hybridized carbons (Fsp3) is 0.471. The zero-order valence-electron chi connectivity index (χ0n) is 14.6. The van der Waals surface area contributed by atoms with Crippen molar-refractivity contribution in [3.05, 3.63) is 46.3 Å². The molecule has 1 heterocycles. The molecule has 0 aliphatic carbocycles. The monoisotopic (exact) mass is 335 g/mol. The summed E-state index contributed by atoms with van der Waals surface area (Å²) in [5, 5.41) is 4.30. The first-order chi connectivity index (χ1) is 10.7. The molecule has 2 aromatic rings. The second kappa shape index (κ2) is 6.45. The predicted octanol–water partition coefficient (Wildman–Crippen LogP) is 3.18. The first kappa shape index (κ1) is 17.7. The van der Waals surface area contributed by atoms with Crippen molar-refractivity contribution in [3.8, 4) is 0 Å². The number of nitrogens with zero attached hydrogens (tertiary/aromatic N) is 2. The van der Waals surface area contributed by atoms with Gasteiger partial charge in [0.25, 0.3) is 0 Å². The van der Waals surface area contributed by atoms with Crippen LogP contribution in [-0.4, -0.2) is 18.2 Å². The van der Waals surface area contributed by atoms with Crippen LogP contribution in [0.15, 0.2) is 23.1 Å². The summed E-state index contributed by atoms with van der Waals surface area (Å²) in [6.45, 7) is 12.0. The molecule has 0 aliphatic heterocycles. The van der Waals surface area contributed by atoms with E-state index in [0.717, 1.165) is 16.7 Å². The van der Waals surface area contributed by atoms with Gasteiger partial charge in [-0.05, 0) is 52.7 Å².